The van der Waals surface area contributed by atoms with Crippen LogP contribution in [0.1, 0.15) is 12.5 Å². The number of nitrogens with one attached hydrogen (secondary N) is 1. The van der Waals surface area contributed by atoms with Crippen molar-refractivity contribution < 1.29 is 18.7 Å². The molecular weight excluding hydrogens is 228 g/mol. The van der Waals surface area contributed by atoms with E-state index in [2.05, 4.69) is 5.32 Å². The third kappa shape index (κ3) is 2.02. The van der Waals surface area contributed by atoms with Crippen LogP contribution in [-0.2, 0) is 10.2 Å². The van der Waals surface area contributed by atoms with Crippen LogP contribution in [0.25, 0.3) is 0 Å². The van der Waals surface area contributed by atoms with Crippen LogP contribution in [0, 0.1) is 17.6 Å². The molecule has 0 aromatic heterocycles. The van der Waals surface area contributed by atoms with Gasteiger partial charge in [0.2, 0.25) is 0 Å². The van der Waals surface area contributed by atoms with Crippen molar-refractivity contribution in [2.24, 2.45) is 5.92 Å². The molecule has 2 rings (SSSR count). The minimum absolute atomic E-state index is 0.309. The highest BCUT2D eigenvalue weighted by molar-refractivity contribution is 5.73. The van der Waals surface area contributed by atoms with Crippen molar-refractivity contribution >= 4 is 5.97 Å². The van der Waals surface area contributed by atoms with Crippen molar-refractivity contribution in [3.63, 3.8) is 0 Å². The number of halogens is 2. The summed E-state index contributed by atoms with van der Waals surface area (Å²) in [5.74, 6) is -3.00. The molecule has 1 heterocycles. The second-order valence-corrected chi connectivity index (χ2v) is 4.60. The first-order valence-corrected chi connectivity index (χ1v) is 5.33. The Morgan fingerprint density at radius 1 is 1.41 bits per heavy atom. The van der Waals surface area contributed by atoms with Crippen molar-refractivity contribution in [3.05, 3.63) is 35.4 Å². The van der Waals surface area contributed by atoms with E-state index in [4.69, 9.17) is 5.11 Å². The van der Waals surface area contributed by atoms with E-state index >= 15 is 0 Å². The maximum atomic E-state index is 13.2. The minimum Gasteiger partial charge on any atom is -0.481 e. The van der Waals surface area contributed by atoms with Crippen LogP contribution >= 0.6 is 0 Å². The zero-order valence-corrected chi connectivity index (χ0v) is 9.34. The van der Waals surface area contributed by atoms with Gasteiger partial charge in [0.1, 0.15) is 11.6 Å². The lowest BCUT2D eigenvalue weighted by atomic mass is 9.74. The number of carboxylic acid groups (broad SMARTS) is 1. The largest absolute Gasteiger partial charge is 0.481 e. The Morgan fingerprint density at radius 2 is 2.00 bits per heavy atom. The lowest BCUT2D eigenvalue weighted by molar-refractivity contribution is -0.142. The molecule has 0 aliphatic carbocycles. The molecule has 5 heteroatoms. The number of hydrogen-bond acceptors (Lipinski definition) is 2. The fraction of sp³-hybridized carbons (Fsp3) is 0.417. The van der Waals surface area contributed by atoms with Gasteiger partial charge in [-0.15, -0.1) is 0 Å². The van der Waals surface area contributed by atoms with Gasteiger partial charge in [-0.25, -0.2) is 8.78 Å². The van der Waals surface area contributed by atoms with Crippen molar-refractivity contribution in [3.8, 4) is 0 Å². The van der Waals surface area contributed by atoms with Gasteiger partial charge in [-0.1, -0.05) is 6.92 Å². The van der Waals surface area contributed by atoms with Crippen LogP contribution < -0.4 is 5.32 Å². The Balaban J connectivity index is 2.46. The summed E-state index contributed by atoms with van der Waals surface area (Å²) >= 11 is 0. The molecule has 0 radical (unpaired) electrons. The summed E-state index contributed by atoms with van der Waals surface area (Å²) in [6.45, 7) is 2.41. The number of benzene rings is 1. The summed E-state index contributed by atoms with van der Waals surface area (Å²) in [7, 11) is 0. The van der Waals surface area contributed by atoms with E-state index in [-0.39, 0.29) is 0 Å². The number of aliphatic carboxylic acids is 1. The second kappa shape index (κ2) is 4.07. The highest BCUT2D eigenvalue weighted by Crippen LogP contribution is 2.36. The summed E-state index contributed by atoms with van der Waals surface area (Å²) in [6.07, 6.45) is 0. The molecule has 3 nitrogen and oxygen atoms in total. The maximum Gasteiger partial charge on any atom is 0.308 e. The normalized spacial score (nSPS) is 28.3. The van der Waals surface area contributed by atoms with Crippen molar-refractivity contribution in [1.29, 1.82) is 0 Å². The van der Waals surface area contributed by atoms with Crippen molar-refractivity contribution in [1.82, 2.24) is 5.32 Å². The van der Waals surface area contributed by atoms with Gasteiger partial charge in [-0.05, 0) is 17.7 Å². The van der Waals surface area contributed by atoms with Crippen molar-refractivity contribution in [2.45, 2.75) is 12.3 Å². The highest BCUT2D eigenvalue weighted by Gasteiger charge is 2.44. The van der Waals surface area contributed by atoms with E-state index in [0.29, 0.717) is 18.7 Å². The number of carbonyl (C=O) groups is 1. The van der Waals surface area contributed by atoms with Crippen molar-refractivity contribution in [2.75, 3.05) is 13.1 Å². The molecule has 2 N–H and O–H groups in total. The number of hydrogen-bond donors (Lipinski definition) is 2. The molecule has 1 aromatic carbocycles. The predicted octanol–water partition coefficient (Wildman–Crippen LogP) is 1.53. The van der Waals surface area contributed by atoms with Gasteiger partial charge >= 0.3 is 5.97 Å². The minimum atomic E-state index is -0.956. The Kier molecular flexibility index (Phi) is 2.87. The SMILES string of the molecule is CC1(c2cc(F)cc(F)c2)CNCC1C(=O)O. The molecule has 2 atom stereocenters. The van der Waals surface area contributed by atoms with Crippen LogP contribution in [0.3, 0.4) is 0 Å². The summed E-state index contributed by atoms with van der Waals surface area (Å²) < 4.78 is 26.3. The summed E-state index contributed by atoms with van der Waals surface area (Å²) in [6, 6.07) is 3.18. The summed E-state index contributed by atoms with van der Waals surface area (Å²) in [5.41, 5.74) is -0.401. The third-order valence-corrected chi connectivity index (χ3v) is 3.43. The monoisotopic (exact) mass is 241 g/mol. The Bertz CT molecular complexity index is 444. The van der Waals surface area contributed by atoms with Crippen LogP contribution in [-0.4, -0.2) is 24.2 Å². The van der Waals surface area contributed by atoms with Crippen LogP contribution in [0.15, 0.2) is 18.2 Å². The molecular formula is C12H13F2NO2. The van der Waals surface area contributed by atoms with Crippen LogP contribution in [0.2, 0.25) is 0 Å². The number of rotatable bonds is 2. The van der Waals surface area contributed by atoms with Gasteiger partial charge < -0.3 is 10.4 Å². The standard InChI is InChI=1S/C12H13F2NO2/c1-12(6-15-5-10(12)11(16)17)7-2-8(13)4-9(14)3-7/h2-4,10,15H,5-6H2,1H3,(H,16,17). The first-order chi connectivity index (χ1) is 7.93. The van der Waals surface area contributed by atoms with Gasteiger partial charge in [-0.3, -0.25) is 4.79 Å². The van der Waals surface area contributed by atoms with E-state index in [1.807, 2.05) is 0 Å². The number of carboxylic acids is 1. The maximum absolute atomic E-state index is 13.2. The molecule has 1 aliphatic rings. The molecule has 1 aliphatic heterocycles. The fourth-order valence-corrected chi connectivity index (χ4v) is 2.37. The smallest absolute Gasteiger partial charge is 0.308 e. The molecule has 1 fully saturated rings. The highest BCUT2D eigenvalue weighted by atomic mass is 19.1. The van der Waals surface area contributed by atoms with E-state index < -0.39 is 28.9 Å². The van der Waals surface area contributed by atoms with Gasteiger partial charge in [0.05, 0.1) is 5.92 Å². The first-order valence-electron chi connectivity index (χ1n) is 5.33. The van der Waals surface area contributed by atoms with E-state index in [1.54, 1.807) is 6.92 Å². The zero-order valence-electron chi connectivity index (χ0n) is 9.34. The topological polar surface area (TPSA) is 49.3 Å². The van der Waals surface area contributed by atoms with E-state index in [1.165, 1.54) is 12.1 Å². The van der Waals surface area contributed by atoms with Gasteiger partial charge in [-0.2, -0.15) is 0 Å². The lowest BCUT2D eigenvalue weighted by Gasteiger charge is -2.28. The lowest BCUT2D eigenvalue weighted by Crippen LogP contribution is -2.36. The Hall–Kier alpha value is -1.49. The fourth-order valence-electron chi connectivity index (χ4n) is 2.37. The molecule has 0 amide bonds. The van der Waals surface area contributed by atoms with E-state index in [9.17, 15) is 13.6 Å². The molecule has 0 saturated carbocycles. The molecule has 17 heavy (non-hydrogen) atoms. The van der Waals surface area contributed by atoms with Crippen LogP contribution in [0.5, 0.6) is 0 Å². The molecule has 0 bridgehead atoms. The second-order valence-electron chi connectivity index (χ2n) is 4.60. The molecule has 0 spiro atoms. The Morgan fingerprint density at radius 3 is 2.53 bits per heavy atom. The predicted molar refractivity (Wildman–Crippen MR) is 57.7 cm³/mol. The summed E-state index contributed by atoms with van der Waals surface area (Å²) in [4.78, 5) is 11.1. The quantitative estimate of drug-likeness (QED) is 0.825. The van der Waals surface area contributed by atoms with Gasteiger partial charge in [0.25, 0.3) is 0 Å². The van der Waals surface area contributed by atoms with Gasteiger partial charge in [0, 0.05) is 24.6 Å². The molecule has 2 unspecified atom stereocenters. The Labute approximate surface area is 97.5 Å². The summed E-state index contributed by atoms with van der Waals surface area (Å²) in [5, 5.41) is 12.1. The average molecular weight is 241 g/mol. The first kappa shape index (κ1) is 12.0. The molecule has 1 saturated heterocycles. The zero-order chi connectivity index (χ0) is 12.6. The molecule has 92 valence electrons. The van der Waals surface area contributed by atoms with Crippen LogP contribution in [0.4, 0.5) is 8.78 Å². The third-order valence-electron chi connectivity index (χ3n) is 3.43. The molecule has 1 aromatic rings. The van der Waals surface area contributed by atoms with Gasteiger partial charge in [0.15, 0.2) is 0 Å². The van der Waals surface area contributed by atoms with E-state index in [0.717, 1.165) is 6.07 Å². The average Bonchev–Trinajstić information content (AvgIpc) is 2.60.